The number of carbonyl (C=O) groups excluding carboxylic acids is 1. The van der Waals surface area contributed by atoms with Crippen molar-refractivity contribution in [3.8, 4) is 0 Å². The van der Waals surface area contributed by atoms with E-state index in [1.54, 1.807) is 6.92 Å². The number of alkyl halides is 3. The second-order valence-corrected chi connectivity index (χ2v) is 4.68. The van der Waals surface area contributed by atoms with Crippen LogP contribution in [0.5, 0.6) is 0 Å². The summed E-state index contributed by atoms with van der Waals surface area (Å²) in [7, 11) is 0. The van der Waals surface area contributed by atoms with Crippen LogP contribution >= 0.6 is 0 Å². The van der Waals surface area contributed by atoms with Crippen LogP contribution in [0.4, 0.5) is 13.2 Å². The Balaban J connectivity index is 2.44. The molecule has 114 valence electrons. The van der Waals surface area contributed by atoms with Gasteiger partial charge < -0.3 is 9.72 Å². The van der Waals surface area contributed by atoms with E-state index in [1.807, 2.05) is 0 Å². The number of H-pyrrole nitrogens is 1. The van der Waals surface area contributed by atoms with Gasteiger partial charge in [0.1, 0.15) is 6.61 Å². The molecule has 0 aliphatic carbocycles. The number of carbonyl (C=O) groups is 1. The highest BCUT2D eigenvalue weighted by Crippen LogP contribution is 2.31. The number of halogens is 3. The lowest BCUT2D eigenvalue weighted by molar-refractivity contribution is -0.142. The fourth-order valence-electron chi connectivity index (χ4n) is 2.06. The van der Waals surface area contributed by atoms with Crippen LogP contribution < -0.4 is 5.69 Å². The number of aromatic nitrogens is 2. The van der Waals surface area contributed by atoms with Crippen molar-refractivity contribution in [1.82, 2.24) is 9.55 Å². The molecular formula is C13H13F3N2O3. The van der Waals surface area contributed by atoms with Gasteiger partial charge >= 0.3 is 17.8 Å². The molecule has 5 nitrogen and oxygen atoms in total. The minimum absolute atomic E-state index is 0.0385. The van der Waals surface area contributed by atoms with Crippen molar-refractivity contribution in [2.45, 2.75) is 26.1 Å². The molecule has 2 rings (SSSR count). The number of esters is 1. The van der Waals surface area contributed by atoms with Gasteiger partial charge in [-0.15, -0.1) is 0 Å². The maximum Gasteiger partial charge on any atom is 0.416 e. The zero-order chi connectivity index (χ0) is 15.8. The Hall–Kier alpha value is -2.25. The van der Waals surface area contributed by atoms with Crippen molar-refractivity contribution in [2.24, 2.45) is 0 Å². The molecule has 8 heteroatoms. The molecule has 0 aliphatic rings. The van der Waals surface area contributed by atoms with Crippen LogP contribution in [0.3, 0.4) is 0 Å². The summed E-state index contributed by atoms with van der Waals surface area (Å²) in [6, 6.07) is 2.52. The third kappa shape index (κ3) is 3.09. The van der Waals surface area contributed by atoms with Crippen LogP contribution in [0.1, 0.15) is 25.5 Å². The first-order chi connectivity index (χ1) is 9.70. The topological polar surface area (TPSA) is 64.1 Å². The lowest BCUT2D eigenvalue weighted by atomic mass is 10.2. The minimum atomic E-state index is -4.48. The van der Waals surface area contributed by atoms with Crippen LogP contribution in [0, 0.1) is 0 Å². The van der Waals surface area contributed by atoms with Gasteiger partial charge in [-0.2, -0.15) is 13.2 Å². The molecule has 1 atom stereocenters. The molecule has 0 saturated heterocycles. The third-order valence-corrected chi connectivity index (χ3v) is 3.01. The first kappa shape index (κ1) is 15.1. The molecule has 2 aromatic rings. The largest absolute Gasteiger partial charge is 0.464 e. The lowest BCUT2D eigenvalue weighted by Gasteiger charge is -2.13. The maximum absolute atomic E-state index is 12.6. The summed E-state index contributed by atoms with van der Waals surface area (Å²) >= 11 is 0. The van der Waals surface area contributed by atoms with Crippen molar-refractivity contribution in [1.29, 1.82) is 0 Å². The summed E-state index contributed by atoms with van der Waals surface area (Å²) in [5.74, 6) is -0.492. The number of rotatable bonds is 3. The van der Waals surface area contributed by atoms with Gasteiger partial charge in [0.2, 0.25) is 0 Å². The van der Waals surface area contributed by atoms with E-state index in [-0.39, 0.29) is 12.1 Å². The zero-order valence-corrected chi connectivity index (χ0v) is 11.3. The Morgan fingerprint density at radius 3 is 2.67 bits per heavy atom. The van der Waals surface area contributed by atoms with Crippen LogP contribution in [-0.2, 0) is 15.7 Å². The molecular weight excluding hydrogens is 289 g/mol. The second-order valence-electron chi connectivity index (χ2n) is 4.68. The monoisotopic (exact) mass is 302 g/mol. The van der Waals surface area contributed by atoms with Gasteiger partial charge in [-0.1, -0.05) is 0 Å². The molecule has 1 heterocycles. The highest BCUT2D eigenvalue weighted by Gasteiger charge is 2.31. The number of benzene rings is 1. The Labute approximate surface area is 117 Å². The van der Waals surface area contributed by atoms with E-state index in [9.17, 15) is 22.8 Å². The van der Waals surface area contributed by atoms with Crippen molar-refractivity contribution in [2.75, 3.05) is 6.61 Å². The highest BCUT2D eigenvalue weighted by atomic mass is 19.4. The Bertz CT molecular complexity index is 730. The van der Waals surface area contributed by atoms with Crippen LogP contribution in [0.2, 0.25) is 0 Å². The molecule has 0 saturated carbocycles. The Morgan fingerprint density at radius 2 is 2.10 bits per heavy atom. The van der Waals surface area contributed by atoms with Crippen LogP contribution in [-0.4, -0.2) is 22.1 Å². The summed E-state index contributed by atoms with van der Waals surface area (Å²) < 4.78 is 44.0. The summed E-state index contributed by atoms with van der Waals surface area (Å²) in [5.41, 5.74) is -0.975. The zero-order valence-electron chi connectivity index (χ0n) is 11.3. The number of hydrogen-bond donors (Lipinski definition) is 1. The van der Waals surface area contributed by atoms with E-state index in [4.69, 9.17) is 4.74 Å². The standard InChI is InChI=1S/C13H13F3N2O3/c1-7(6-21-8(2)19)18-11-4-3-9(13(14,15)16)5-10(11)17-12(18)20/h3-5,7H,6H2,1-2H3,(H,17,20)/t7-/m1/s1. The van der Waals surface area contributed by atoms with Gasteiger partial charge in [-0.3, -0.25) is 9.36 Å². The SMILES string of the molecule is CC(=O)OC[C@@H](C)n1c(=O)[nH]c2cc(C(F)(F)F)ccc21. The molecule has 0 amide bonds. The van der Waals surface area contributed by atoms with Gasteiger partial charge in [-0.05, 0) is 25.1 Å². The number of aromatic amines is 1. The lowest BCUT2D eigenvalue weighted by Crippen LogP contribution is -2.24. The fourth-order valence-corrected chi connectivity index (χ4v) is 2.06. The quantitative estimate of drug-likeness (QED) is 0.886. The smallest absolute Gasteiger partial charge is 0.416 e. The molecule has 0 fully saturated rings. The molecule has 0 radical (unpaired) electrons. The van der Waals surface area contributed by atoms with Crippen LogP contribution in [0.25, 0.3) is 11.0 Å². The van der Waals surface area contributed by atoms with Gasteiger partial charge in [-0.25, -0.2) is 4.79 Å². The van der Waals surface area contributed by atoms with E-state index in [1.165, 1.54) is 17.6 Å². The molecule has 0 aliphatic heterocycles. The van der Waals surface area contributed by atoms with Gasteiger partial charge in [0, 0.05) is 6.92 Å². The van der Waals surface area contributed by atoms with Gasteiger partial charge in [0.05, 0.1) is 22.6 Å². The molecule has 21 heavy (non-hydrogen) atoms. The minimum Gasteiger partial charge on any atom is -0.464 e. The Morgan fingerprint density at radius 1 is 1.43 bits per heavy atom. The molecule has 1 N–H and O–H groups in total. The number of nitrogens with one attached hydrogen (secondary N) is 1. The average Bonchev–Trinajstić information content (AvgIpc) is 2.69. The first-order valence-corrected chi connectivity index (χ1v) is 6.15. The van der Waals surface area contributed by atoms with Crippen LogP contribution in [0.15, 0.2) is 23.0 Å². The van der Waals surface area contributed by atoms with E-state index in [0.29, 0.717) is 5.52 Å². The molecule has 1 aromatic carbocycles. The van der Waals surface area contributed by atoms with Crippen molar-refractivity contribution in [3.05, 3.63) is 34.2 Å². The summed E-state index contributed by atoms with van der Waals surface area (Å²) in [5, 5.41) is 0. The second kappa shape index (κ2) is 5.27. The maximum atomic E-state index is 12.6. The van der Waals surface area contributed by atoms with E-state index in [2.05, 4.69) is 4.98 Å². The number of ether oxygens (including phenoxy) is 1. The van der Waals surface area contributed by atoms with E-state index >= 15 is 0 Å². The van der Waals surface area contributed by atoms with Gasteiger partial charge in [0.25, 0.3) is 0 Å². The summed E-state index contributed by atoms with van der Waals surface area (Å²) in [6.07, 6.45) is -4.48. The normalized spacial score (nSPS) is 13.4. The third-order valence-electron chi connectivity index (χ3n) is 3.01. The van der Waals surface area contributed by atoms with E-state index in [0.717, 1.165) is 12.1 Å². The number of imidazole rings is 1. The summed E-state index contributed by atoms with van der Waals surface area (Å²) in [6.45, 7) is 2.83. The average molecular weight is 302 g/mol. The predicted octanol–water partition coefficient (Wildman–Crippen LogP) is 2.47. The van der Waals surface area contributed by atoms with Crippen molar-refractivity contribution in [3.63, 3.8) is 0 Å². The van der Waals surface area contributed by atoms with Gasteiger partial charge in [0.15, 0.2) is 0 Å². The number of hydrogen-bond acceptors (Lipinski definition) is 3. The predicted molar refractivity (Wildman–Crippen MR) is 68.9 cm³/mol. The molecule has 0 unspecified atom stereocenters. The molecule has 0 spiro atoms. The number of fused-ring (bicyclic) bond motifs is 1. The Kier molecular flexibility index (Phi) is 3.80. The first-order valence-electron chi connectivity index (χ1n) is 6.15. The number of nitrogens with zero attached hydrogens (tertiary/aromatic N) is 1. The highest BCUT2D eigenvalue weighted by molar-refractivity contribution is 5.76. The summed E-state index contributed by atoms with van der Waals surface area (Å²) in [4.78, 5) is 25.0. The van der Waals surface area contributed by atoms with Crippen molar-refractivity contribution < 1.29 is 22.7 Å². The fraction of sp³-hybridized carbons (Fsp3) is 0.385. The van der Waals surface area contributed by atoms with Crippen molar-refractivity contribution >= 4 is 17.0 Å². The van der Waals surface area contributed by atoms with E-state index < -0.39 is 29.4 Å². The molecule has 1 aromatic heterocycles. The molecule has 0 bridgehead atoms.